The fraction of sp³-hybridized carbons (Fsp3) is 0.217. The van der Waals surface area contributed by atoms with Gasteiger partial charge in [-0.2, -0.15) is 0 Å². The second-order valence-electron chi connectivity index (χ2n) is 6.75. The van der Waals surface area contributed by atoms with Crippen LogP contribution in [0.5, 0.6) is 0 Å². The number of hydrogen-bond acceptors (Lipinski definition) is 3. The first kappa shape index (κ1) is 19.7. The van der Waals surface area contributed by atoms with Crippen molar-refractivity contribution in [3.63, 3.8) is 0 Å². The van der Waals surface area contributed by atoms with Crippen LogP contribution in [0.25, 0.3) is 11.1 Å². The van der Waals surface area contributed by atoms with Crippen molar-refractivity contribution in [2.45, 2.75) is 19.9 Å². The second kappa shape index (κ2) is 9.24. The van der Waals surface area contributed by atoms with E-state index in [-0.39, 0.29) is 17.8 Å². The molecule has 144 valence electrons. The van der Waals surface area contributed by atoms with E-state index in [1.54, 1.807) is 31.5 Å². The Balaban J connectivity index is 1.47. The van der Waals surface area contributed by atoms with Gasteiger partial charge in [-0.3, -0.25) is 9.78 Å². The van der Waals surface area contributed by atoms with Gasteiger partial charge in [-0.05, 0) is 60.4 Å². The van der Waals surface area contributed by atoms with Gasteiger partial charge in [0, 0.05) is 37.1 Å². The van der Waals surface area contributed by atoms with E-state index in [0.29, 0.717) is 24.2 Å². The van der Waals surface area contributed by atoms with Crippen molar-refractivity contribution in [3.05, 3.63) is 89.5 Å². The molecule has 5 heteroatoms. The van der Waals surface area contributed by atoms with Gasteiger partial charge in [0.2, 0.25) is 0 Å². The molecule has 0 aliphatic carbocycles. The van der Waals surface area contributed by atoms with Crippen molar-refractivity contribution >= 4 is 5.91 Å². The van der Waals surface area contributed by atoms with E-state index >= 15 is 0 Å². The lowest BCUT2D eigenvalue weighted by Gasteiger charge is -2.15. The molecule has 1 atom stereocenters. The molecule has 28 heavy (non-hydrogen) atoms. The van der Waals surface area contributed by atoms with Crippen molar-refractivity contribution in [3.8, 4) is 11.1 Å². The third-order valence-electron chi connectivity index (χ3n) is 4.72. The van der Waals surface area contributed by atoms with Gasteiger partial charge in [0.05, 0.1) is 0 Å². The first-order valence-corrected chi connectivity index (χ1v) is 9.32. The number of aryl methyl sites for hydroxylation is 1. The van der Waals surface area contributed by atoms with Gasteiger partial charge in [0.15, 0.2) is 0 Å². The number of pyridine rings is 1. The third-order valence-corrected chi connectivity index (χ3v) is 4.72. The number of benzene rings is 2. The van der Waals surface area contributed by atoms with Gasteiger partial charge in [0.25, 0.3) is 5.91 Å². The first-order valence-electron chi connectivity index (χ1n) is 9.32. The summed E-state index contributed by atoms with van der Waals surface area (Å²) in [6, 6.07) is 17.0. The van der Waals surface area contributed by atoms with Crippen LogP contribution in [0.3, 0.4) is 0 Å². The molecule has 4 nitrogen and oxygen atoms in total. The summed E-state index contributed by atoms with van der Waals surface area (Å²) in [6.45, 7) is 4.84. The molecule has 0 aliphatic rings. The highest BCUT2D eigenvalue weighted by Gasteiger charge is 2.09. The zero-order valence-corrected chi connectivity index (χ0v) is 16.1. The van der Waals surface area contributed by atoms with Crippen LogP contribution in [0.1, 0.15) is 34.5 Å². The molecule has 0 bridgehead atoms. The van der Waals surface area contributed by atoms with Crippen LogP contribution in [0.2, 0.25) is 0 Å². The fourth-order valence-corrected chi connectivity index (χ4v) is 2.93. The van der Waals surface area contributed by atoms with Crippen LogP contribution in [0.4, 0.5) is 4.39 Å². The summed E-state index contributed by atoms with van der Waals surface area (Å²) in [6.07, 6.45) is 3.57. The van der Waals surface area contributed by atoms with Crippen molar-refractivity contribution in [2.75, 3.05) is 13.1 Å². The number of aromatic nitrogens is 1. The van der Waals surface area contributed by atoms with Crippen LogP contribution < -0.4 is 10.6 Å². The van der Waals surface area contributed by atoms with Crippen molar-refractivity contribution < 1.29 is 9.18 Å². The lowest BCUT2D eigenvalue weighted by atomic mass is 10.0. The number of carbonyl (C=O) groups is 1. The predicted molar refractivity (Wildman–Crippen MR) is 110 cm³/mol. The highest BCUT2D eigenvalue weighted by molar-refractivity contribution is 5.94. The molecule has 0 saturated carbocycles. The molecule has 0 spiro atoms. The Hall–Kier alpha value is -3.05. The summed E-state index contributed by atoms with van der Waals surface area (Å²) >= 11 is 0. The highest BCUT2D eigenvalue weighted by atomic mass is 19.1. The number of halogens is 1. The zero-order chi connectivity index (χ0) is 19.9. The number of nitrogens with one attached hydrogen (secondary N) is 2. The summed E-state index contributed by atoms with van der Waals surface area (Å²) in [5.74, 6) is -0.635. The maximum Gasteiger partial charge on any atom is 0.251 e. The summed E-state index contributed by atoms with van der Waals surface area (Å²) in [4.78, 5) is 16.1. The van der Waals surface area contributed by atoms with Gasteiger partial charge in [-0.25, -0.2) is 4.39 Å². The van der Waals surface area contributed by atoms with E-state index < -0.39 is 0 Å². The number of amides is 1. The molecule has 2 N–H and O–H groups in total. The molecular formula is C23H24FN3O. The van der Waals surface area contributed by atoms with E-state index in [1.807, 2.05) is 12.1 Å². The number of carbonyl (C=O) groups excluding carboxylic acids is 1. The average Bonchev–Trinajstić information content (AvgIpc) is 2.73. The quantitative estimate of drug-likeness (QED) is 0.605. The van der Waals surface area contributed by atoms with E-state index in [9.17, 15) is 9.18 Å². The maximum atomic E-state index is 13.6. The van der Waals surface area contributed by atoms with Gasteiger partial charge in [0.1, 0.15) is 5.82 Å². The van der Waals surface area contributed by atoms with Crippen LogP contribution in [-0.2, 0) is 0 Å². The van der Waals surface area contributed by atoms with Gasteiger partial charge < -0.3 is 10.6 Å². The minimum absolute atomic E-state index is 0.153. The van der Waals surface area contributed by atoms with Crippen molar-refractivity contribution in [1.29, 1.82) is 0 Å². The van der Waals surface area contributed by atoms with Crippen LogP contribution in [0.15, 0.2) is 67.0 Å². The largest absolute Gasteiger partial charge is 0.351 e. The summed E-state index contributed by atoms with van der Waals surface area (Å²) in [7, 11) is 0. The number of hydrogen-bond donors (Lipinski definition) is 2. The van der Waals surface area contributed by atoms with E-state index in [4.69, 9.17) is 0 Å². The Morgan fingerprint density at radius 1 is 1.00 bits per heavy atom. The normalized spacial score (nSPS) is 11.8. The maximum absolute atomic E-state index is 13.6. The predicted octanol–water partition coefficient (Wildman–Crippen LogP) is 4.28. The van der Waals surface area contributed by atoms with Gasteiger partial charge in [-0.1, -0.05) is 30.3 Å². The number of nitrogens with zero attached hydrogens (tertiary/aromatic N) is 1. The molecule has 0 radical (unpaired) electrons. The summed E-state index contributed by atoms with van der Waals surface area (Å²) in [5.41, 5.74) is 4.32. The minimum Gasteiger partial charge on any atom is -0.351 e. The molecule has 1 heterocycles. The molecule has 0 saturated heterocycles. The van der Waals surface area contributed by atoms with Crippen LogP contribution in [-0.4, -0.2) is 24.0 Å². The summed E-state index contributed by atoms with van der Waals surface area (Å²) < 4.78 is 13.6. The molecule has 3 aromatic rings. The molecule has 1 unspecified atom stereocenters. The van der Waals surface area contributed by atoms with E-state index in [0.717, 1.165) is 11.1 Å². The Morgan fingerprint density at radius 3 is 2.36 bits per heavy atom. The molecule has 2 aromatic carbocycles. The van der Waals surface area contributed by atoms with Crippen molar-refractivity contribution in [1.82, 2.24) is 15.6 Å². The van der Waals surface area contributed by atoms with Gasteiger partial charge in [-0.15, -0.1) is 0 Å². The van der Waals surface area contributed by atoms with E-state index in [2.05, 4.69) is 46.8 Å². The van der Waals surface area contributed by atoms with Crippen LogP contribution >= 0.6 is 0 Å². The Bertz CT molecular complexity index is 926. The standard InChI is InChI=1S/C23H24FN3O/c1-16-3-4-21(15-22(16)24)23(28)27-14-13-26-17(2)18-5-7-19(8-6-18)20-9-11-25-12-10-20/h3-12,15,17,26H,13-14H2,1-2H3,(H,27,28). The monoisotopic (exact) mass is 377 g/mol. The highest BCUT2D eigenvalue weighted by Crippen LogP contribution is 2.21. The molecule has 0 aliphatic heterocycles. The van der Waals surface area contributed by atoms with Crippen molar-refractivity contribution in [2.24, 2.45) is 0 Å². The minimum atomic E-state index is -0.366. The molecule has 1 amide bonds. The van der Waals surface area contributed by atoms with Crippen LogP contribution in [0, 0.1) is 12.7 Å². The SMILES string of the molecule is Cc1ccc(C(=O)NCCNC(C)c2ccc(-c3ccncc3)cc2)cc1F. The Labute approximate surface area is 164 Å². The average molecular weight is 377 g/mol. The smallest absolute Gasteiger partial charge is 0.251 e. The topological polar surface area (TPSA) is 54.0 Å². The van der Waals surface area contributed by atoms with E-state index in [1.165, 1.54) is 11.6 Å². The molecule has 0 fully saturated rings. The lowest BCUT2D eigenvalue weighted by Crippen LogP contribution is -2.33. The Morgan fingerprint density at radius 2 is 1.68 bits per heavy atom. The zero-order valence-electron chi connectivity index (χ0n) is 16.1. The Kier molecular flexibility index (Phi) is 6.50. The second-order valence-corrected chi connectivity index (χ2v) is 6.75. The summed E-state index contributed by atoms with van der Waals surface area (Å²) in [5, 5.41) is 6.20. The van der Waals surface area contributed by atoms with Gasteiger partial charge >= 0.3 is 0 Å². The molecule has 1 aromatic heterocycles. The third kappa shape index (κ3) is 5.02. The molecule has 3 rings (SSSR count). The number of rotatable bonds is 7. The molecular weight excluding hydrogens is 353 g/mol. The lowest BCUT2D eigenvalue weighted by molar-refractivity contribution is 0.0953. The fourth-order valence-electron chi connectivity index (χ4n) is 2.93. The first-order chi connectivity index (χ1) is 13.5.